The summed E-state index contributed by atoms with van der Waals surface area (Å²) < 4.78 is 37.2. The Hall–Kier alpha value is -2.78. The molecule has 2 aliphatic heterocycles. The lowest BCUT2D eigenvalue weighted by molar-refractivity contribution is -0.121. The molecule has 190 valence electrons. The van der Waals surface area contributed by atoms with E-state index in [1.807, 2.05) is 0 Å². The number of hydrogen-bond acceptors (Lipinski definition) is 6. The lowest BCUT2D eigenvalue weighted by Gasteiger charge is -2.26. The molecule has 9 heteroatoms. The Morgan fingerprint density at radius 2 is 1.66 bits per heavy atom. The van der Waals surface area contributed by atoms with Crippen molar-refractivity contribution >= 4 is 21.6 Å². The molecule has 4 rings (SSSR count). The number of carbonyl (C=O) groups is 1. The molecule has 2 aromatic rings. The van der Waals surface area contributed by atoms with Gasteiger partial charge in [-0.2, -0.15) is 0 Å². The lowest BCUT2D eigenvalue weighted by atomic mass is 10.1. The quantitative estimate of drug-likeness (QED) is 0.538. The molecule has 0 aliphatic carbocycles. The van der Waals surface area contributed by atoms with E-state index < -0.39 is 10.0 Å². The molecule has 35 heavy (non-hydrogen) atoms. The minimum Gasteiger partial charge on any atom is -0.486 e. The smallest absolute Gasteiger partial charge is 0.232 e. The van der Waals surface area contributed by atoms with Crippen molar-refractivity contribution < 1.29 is 22.7 Å². The van der Waals surface area contributed by atoms with Gasteiger partial charge in [0.15, 0.2) is 11.5 Å². The van der Waals surface area contributed by atoms with Gasteiger partial charge >= 0.3 is 0 Å². The second kappa shape index (κ2) is 11.8. The van der Waals surface area contributed by atoms with Crippen molar-refractivity contribution in [3.05, 3.63) is 53.6 Å². The average molecular weight is 502 g/mol. The van der Waals surface area contributed by atoms with Gasteiger partial charge in [0.05, 0.1) is 11.9 Å². The van der Waals surface area contributed by atoms with Crippen LogP contribution in [0.5, 0.6) is 11.5 Å². The van der Waals surface area contributed by atoms with E-state index in [0.29, 0.717) is 43.4 Å². The van der Waals surface area contributed by atoms with Crippen LogP contribution in [0, 0.1) is 0 Å². The topological polar surface area (TPSA) is 88.2 Å². The molecule has 2 aliphatic rings. The van der Waals surface area contributed by atoms with E-state index >= 15 is 0 Å². The molecule has 8 nitrogen and oxygen atoms in total. The molecule has 0 saturated carbocycles. The first kappa shape index (κ1) is 25.3. The fourth-order valence-electron chi connectivity index (χ4n) is 4.48. The van der Waals surface area contributed by atoms with E-state index in [-0.39, 0.29) is 18.9 Å². The minimum atomic E-state index is -3.51. The van der Waals surface area contributed by atoms with Gasteiger partial charge in [0.2, 0.25) is 15.9 Å². The van der Waals surface area contributed by atoms with Crippen molar-refractivity contribution in [2.45, 2.75) is 45.2 Å². The highest BCUT2D eigenvalue weighted by Gasteiger charge is 2.21. The molecular weight excluding hydrogens is 466 g/mol. The Bertz CT molecular complexity index is 1100. The summed E-state index contributed by atoms with van der Waals surface area (Å²) in [6, 6.07) is 13.5. The van der Waals surface area contributed by atoms with E-state index in [4.69, 9.17) is 9.47 Å². The number of rotatable bonds is 10. The predicted octanol–water partition coefficient (Wildman–Crippen LogP) is 3.31. The van der Waals surface area contributed by atoms with Crippen LogP contribution in [0.3, 0.4) is 0 Å². The molecule has 1 fully saturated rings. The van der Waals surface area contributed by atoms with Crippen LogP contribution in [0.1, 0.15) is 43.2 Å². The number of piperidine rings is 1. The molecule has 2 heterocycles. The van der Waals surface area contributed by atoms with Crippen LogP contribution in [0.15, 0.2) is 42.5 Å². The van der Waals surface area contributed by atoms with Gasteiger partial charge in [0, 0.05) is 32.1 Å². The van der Waals surface area contributed by atoms with Crippen molar-refractivity contribution in [2.24, 2.45) is 0 Å². The largest absolute Gasteiger partial charge is 0.486 e. The Balaban J connectivity index is 1.24. The number of nitrogens with zero attached hydrogens (tertiary/aromatic N) is 2. The zero-order chi connectivity index (χ0) is 24.7. The van der Waals surface area contributed by atoms with Crippen LogP contribution in [0.2, 0.25) is 0 Å². The molecular formula is C26H35N3O5S. The zero-order valence-electron chi connectivity index (χ0n) is 20.4. The van der Waals surface area contributed by atoms with Gasteiger partial charge < -0.3 is 14.8 Å². The number of benzene rings is 2. The van der Waals surface area contributed by atoms with Crippen LogP contribution in [-0.4, -0.2) is 58.3 Å². The third-order valence-corrected chi connectivity index (χ3v) is 7.54. The molecule has 1 saturated heterocycles. The first-order valence-corrected chi connectivity index (χ1v) is 14.2. The van der Waals surface area contributed by atoms with Gasteiger partial charge in [-0.25, -0.2) is 8.42 Å². The number of carbonyl (C=O) groups excluding carboxylic acids is 1. The normalized spacial score (nSPS) is 16.0. The van der Waals surface area contributed by atoms with Crippen molar-refractivity contribution in [3.63, 3.8) is 0 Å². The number of likely N-dealkylation sites (tertiary alicyclic amines) is 1. The van der Waals surface area contributed by atoms with Crippen LogP contribution < -0.4 is 19.1 Å². The number of hydrogen-bond donors (Lipinski definition) is 1. The maximum atomic E-state index is 12.4. The summed E-state index contributed by atoms with van der Waals surface area (Å²) in [5.41, 5.74) is 2.85. The van der Waals surface area contributed by atoms with Crippen molar-refractivity contribution in [1.82, 2.24) is 10.2 Å². The van der Waals surface area contributed by atoms with Crippen LogP contribution in [0.4, 0.5) is 5.69 Å². The summed E-state index contributed by atoms with van der Waals surface area (Å²) in [7, 11) is -3.51. The third kappa shape index (κ3) is 7.35. The lowest BCUT2D eigenvalue weighted by Crippen LogP contribution is -2.32. The second-order valence-electron chi connectivity index (χ2n) is 9.20. The number of anilines is 1. The third-order valence-electron chi connectivity index (χ3n) is 6.35. The minimum absolute atomic E-state index is 0.0991. The van der Waals surface area contributed by atoms with Crippen LogP contribution in [-0.2, 0) is 27.9 Å². The van der Waals surface area contributed by atoms with E-state index in [2.05, 4.69) is 34.5 Å². The van der Waals surface area contributed by atoms with Gasteiger partial charge in [-0.15, -0.1) is 0 Å². The Labute approximate surface area is 208 Å². The highest BCUT2D eigenvalue weighted by atomic mass is 32.2. The summed E-state index contributed by atoms with van der Waals surface area (Å²) in [6.07, 6.45) is 5.70. The number of fused-ring (bicyclic) bond motifs is 1. The van der Waals surface area contributed by atoms with Gasteiger partial charge in [-0.05, 0) is 55.6 Å². The number of ether oxygens (including phenoxy) is 2. The van der Waals surface area contributed by atoms with E-state index in [1.54, 1.807) is 18.2 Å². The van der Waals surface area contributed by atoms with Gasteiger partial charge in [-0.3, -0.25) is 14.0 Å². The molecule has 0 radical (unpaired) electrons. The molecule has 1 amide bonds. The zero-order valence-corrected chi connectivity index (χ0v) is 21.2. The molecule has 0 aromatic heterocycles. The molecule has 0 atom stereocenters. The SMILES string of the molecule is CS(=O)(=O)N(CCCC(=O)NCc1ccc(CN2CCCCC2)cc1)c1ccc2c(c1)OCCO2. The summed E-state index contributed by atoms with van der Waals surface area (Å²) in [4.78, 5) is 14.9. The van der Waals surface area contributed by atoms with Gasteiger partial charge in [0.25, 0.3) is 0 Å². The molecule has 0 spiro atoms. The van der Waals surface area contributed by atoms with Crippen LogP contribution >= 0.6 is 0 Å². The van der Waals surface area contributed by atoms with Crippen molar-refractivity contribution in [2.75, 3.05) is 43.4 Å². The Morgan fingerprint density at radius 3 is 2.37 bits per heavy atom. The Kier molecular flexibility index (Phi) is 8.51. The summed E-state index contributed by atoms with van der Waals surface area (Å²) in [5.74, 6) is 1.03. The van der Waals surface area contributed by atoms with E-state index in [0.717, 1.165) is 12.1 Å². The monoisotopic (exact) mass is 501 g/mol. The highest BCUT2D eigenvalue weighted by molar-refractivity contribution is 7.92. The highest BCUT2D eigenvalue weighted by Crippen LogP contribution is 2.34. The molecule has 0 bridgehead atoms. The van der Waals surface area contributed by atoms with Crippen LogP contribution in [0.25, 0.3) is 0 Å². The molecule has 2 aromatic carbocycles. The Morgan fingerprint density at radius 1 is 0.971 bits per heavy atom. The number of nitrogens with one attached hydrogen (secondary N) is 1. The van der Waals surface area contributed by atoms with Gasteiger partial charge in [-0.1, -0.05) is 30.7 Å². The van der Waals surface area contributed by atoms with Crippen molar-refractivity contribution in [1.29, 1.82) is 0 Å². The first-order valence-electron chi connectivity index (χ1n) is 12.3. The maximum absolute atomic E-state index is 12.4. The van der Waals surface area contributed by atoms with E-state index in [1.165, 1.54) is 48.5 Å². The summed E-state index contributed by atoms with van der Waals surface area (Å²) in [5, 5.41) is 2.94. The average Bonchev–Trinajstić information content (AvgIpc) is 2.86. The number of sulfonamides is 1. The maximum Gasteiger partial charge on any atom is 0.232 e. The summed E-state index contributed by atoms with van der Waals surface area (Å²) in [6.45, 7) is 4.88. The second-order valence-corrected chi connectivity index (χ2v) is 11.1. The molecule has 0 unspecified atom stereocenters. The fourth-order valence-corrected chi connectivity index (χ4v) is 5.44. The fraction of sp³-hybridized carbons (Fsp3) is 0.500. The first-order chi connectivity index (χ1) is 16.9. The standard InChI is InChI=1S/C26H35N3O5S/c1-35(31,32)29(23-11-12-24-25(18-23)34-17-16-33-24)15-5-6-26(30)27-19-21-7-9-22(10-8-21)20-28-13-3-2-4-14-28/h7-12,18H,2-6,13-17,19-20H2,1H3,(H,27,30). The predicted molar refractivity (Wildman–Crippen MR) is 136 cm³/mol. The summed E-state index contributed by atoms with van der Waals surface area (Å²) >= 11 is 0. The van der Waals surface area contributed by atoms with Gasteiger partial charge in [0.1, 0.15) is 13.2 Å². The van der Waals surface area contributed by atoms with E-state index in [9.17, 15) is 13.2 Å². The van der Waals surface area contributed by atoms with Crippen molar-refractivity contribution in [3.8, 4) is 11.5 Å². The number of amides is 1. The molecule has 1 N–H and O–H groups in total.